The van der Waals surface area contributed by atoms with E-state index in [0.717, 1.165) is 11.8 Å². The molecule has 15 heavy (non-hydrogen) atoms. The molecular weight excluding hydrogens is 218 g/mol. The quantitative estimate of drug-likeness (QED) is 0.827. The molecule has 0 spiro atoms. The van der Waals surface area contributed by atoms with Crippen LogP contribution < -0.4 is 5.32 Å². The third-order valence-corrected chi connectivity index (χ3v) is 2.31. The number of thioether (sulfide) groups is 1. The van der Waals surface area contributed by atoms with Crippen LogP contribution in [0.4, 0.5) is 0 Å². The fraction of sp³-hybridized carbons (Fsp3) is 0.222. The van der Waals surface area contributed by atoms with E-state index in [1.54, 1.807) is 0 Å². The Morgan fingerprint density at radius 1 is 1.47 bits per heavy atom. The summed E-state index contributed by atoms with van der Waals surface area (Å²) in [6.45, 7) is 1.24. The molecule has 2 amide bonds. The monoisotopic (exact) mass is 227 g/mol. The van der Waals surface area contributed by atoms with Gasteiger partial charge in [-0.25, -0.2) is 0 Å². The highest BCUT2D eigenvalue weighted by Crippen LogP contribution is 2.12. The van der Waals surface area contributed by atoms with Crippen LogP contribution in [0.15, 0.2) is 23.0 Å². The van der Waals surface area contributed by atoms with Gasteiger partial charge in [0.2, 0.25) is 16.9 Å². The van der Waals surface area contributed by atoms with E-state index in [-0.39, 0.29) is 10.9 Å². The van der Waals surface area contributed by atoms with Gasteiger partial charge in [0.15, 0.2) is 0 Å². The number of furan rings is 1. The molecular formula is C9H9NO4S. The third-order valence-electron chi connectivity index (χ3n) is 1.41. The zero-order valence-corrected chi connectivity index (χ0v) is 8.80. The fourth-order valence-electron chi connectivity index (χ4n) is 0.827. The van der Waals surface area contributed by atoms with Crippen LogP contribution >= 0.6 is 11.8 Å². The molecule has 0 aromatic carbocycles. The Morgan fingerprint density at radius 2 is 2.20 bits per heavy atom. The van der Waals surface area contributed by atoms with Gasteiger partial charge in [0, 0.05) is 6.92 Å². The Hall–Kier alpha value is -1.56. The molecule has 1 N–H and O–H groups in total. The molecule has 0 saturated heterocycles. The summed E-state index contributed by atoms with van der Waals surface area (Å²) < 4.78 is 4.72. The molecule has 0 saturated carbocycles. The van der Waals surface area contributed by atoms with Gasteiger partial charge in [0.25, 0.3) is 0 Å². The average molecular weight is 227 g/mol. The number of hydrogen-bond acceptors (Lipinski definition) is 5. The van der Waals surface area contributed by atoms with Gasteiger partial charge in [-0.2, -0.15) is 0 Å². The predicted molar refractivity (Wildman–Crippen MR) is 54.3 cm³/mol. The highest BCUT2D eigenvalue weighted by atomic mass is 32.2. The summed E-state index contributed by atoms with van der Waals surface area (Å²) in [6.07, 6.45) is 2.68. The normalized spacial score (nSPS) is 9.67. The van der Waals surface area contributed by atoms with Crippen molar-refractivity contribution in [3.8, 4) is 0 Å². The second-order valence-corrected chi connectivity index (χ2v) is 3.64. The van der Waals surface area contributed by atoms with E-state index in [0.29, 0.717) is 5.56 Å². The van der Waals surface area contributed by atoms with E-state index in [1.165, 1.54) is 25.5 Å². The minimum absolute atomic E-state index is 0.0798. The summed E-state index contributed by atoms with van der Waals surface area (Å²) in [4.78, 5) is 32.8. The van der Waals surface area contributed by atoms with Crippen LogP contribution in [0.25, 0.3) is 0 Å². The molecule has 5 nitrogen and oxygen atoms in total. The number of imide groups is 1. The minimum atomic E-state index is -0.482. The molecule has 0 aliphatic rings. The van der Waals surface area contributed by atoms with Crippen molar-refractivity contribution in [2.75, 3.05) is 5.75 Å². The van der Waals surface area contributed by atoms with E-state index in [4.69, 9.17) is 4.42 Å². The summed E-state index contributed by atoms with van der Waals surface area (Å²) in [5.41, 5.74) is 0.399. The second kappa shape index (κ2) is 5.35. The van der Waals surface area contributed by atoms with Crippen molar-refractivity contribution >= 4 is 28.7 Å². The van der Waals surface area contributed by atoms with Crippen molar-refractivity contribution in [2.45, 2.75) is 6.92 Å². The first-order valence-electron chi connectivity index (χ1n) is 4.09. The summed E-state index contributed by atoms with van der Waals surface area (Å²) >= 11 is 0.821. The number of carbonyl (C=O) groups excluding carboxylic acids is 3. The van der Waals surface area contributed by atoms with E-state index in [1.807, 2.05) is 0 Å². The lowest BCUT2D eigenvalue weighted by atomic mass is 10.4. The van der Waals surface area contributed by atoms with Crippen LogP contribution in [0.3, 0.4) is 0 Å². The first-order chi connectivity index (χ1) is 7.09. The molecule has 0 aliphatic carbocycles. The first-order valence-corrected chi connectivity index (χ1v) is 5.08. The van der Waals surface area contributed by atoms with Crippen LogP contribution in [0, 0.1) is 0 Å². The fourth-order valence-corrected chi connectivity index (χ4v) is 1.44. The summed E-state index contributed by atoms with van der Waals surface area (Å²) in [5.74, 6) is -0.996. The van der Waals surface area contributed by atoms with Crippen LogP contribution in [0.5, 0.6) is 0 Å². The van der Waals surface area contributed by atoms with Gasteiger partial charge >= 0.3 is 0 Å². The van der Waals surface area contributed by atoms with Crippen LogP contribution in [0.1, 0.15) is 17.3 Å². The number of carbonyl (C=O) groups is 3. The molecule has 0 fully saturated rings. The van der Waals surface area contributed by atoms with Gasteiger partial charge in [-0.15, -0.1) is 0 Å². The molecule has 0 radical (unpaired) electrons. The lowest BCUT2D eigenvalue weighted by molar-refractivity contribution is -0.127. The topological polar surface area (TPSA) is 76.4 Å². The molecule has 6 heteroatoms. The van der Waals surface area contributed by atoms with Gasteiger partial charge in [0.1, 0.15) is 6.26 Å². The van der Waals surface area contributed by atoms with E-state index in [9.17, 15) is 14.4 Å². The van der Waals surface area contributed by atoms with E-state index in [2.05, 4.69) is 5.32 Å². The van der Waals surface area contributed by atoms with Crippen molar-refractivity contribution in [2.24, 2.45) is 0 Å². The number of rotatable bonds is 3. The predicted octanol–water partition coefficient (Wildman–Crippen LogP) is 0.816. The van der Waals surface area contributed by atoms with Crippen LogP contribution in [0.2, 0.25) is 0 Å². The van der Waals surface area contributed by atoms with Gasteiger partial charge in [-0.1, -0.05) is 11.8 Å². The van der Waals surface area contributed by atoms with Crippen LogP contribution in [-0.4, -0.2) is 22.7 Å². The summed E-state index contributed by atoms with van der Waals surface area (Å²) in [7, 11) is 0. The van der Waals surface area contributed by atoms with E-state index < -0.39 is 11.8 Å². The number of hydrogen-bond donors (Lipinski definition) is 1. The SMILES string of the molecule is CC(=O)NC(=O)CSC(=O)c1ccoc1. The maximum atomic E-state index is 11.3. The Bertz CT molecular complexity index is 371. The molecule has 0 atom stereocenters. The first kappa shape index (κ1) is 11.5. The molecule has 0 aliphatic heterocycles. The zero-order chi connectivity index (χ0) is 11.3. The number of nitrogens with one attached hydrogen (secondary N) is 1. The Kier molecular flexibility index (Phi) is 4.11. The Labute approximate surface area is 90.2 Å². The van der Waals surface area contributed by atoms with Gasteiger partial charge in [0.05, 0.1) is 17.6 Å². The highest BCUT2D eigenvalue weighted by Gasteiger charge is 2.11. The largest absolute Gasteiger partial charge is 0.472 e. The van der Waals surface area contributed by atoms with Gasteiger partial charge in [-0.05, 0) is 6.07 Å². The maximum Gasteiger partial charge on any atom is 0.237 e. The van der Waals surface area contributed by atoms with Crippen LogP contribution in [-0.2, 0) is 9.59 Å². The average Bonchev–Trinajstić information content (AvgIpc) is 2.65. The van der Waals surface area contributed by atoms with E-state index >= 15 is 0 Å². The molecule has 0 unspecified atom stereocenters. The molecule has 1 heterocycles. The standard InChI is InChI=1S/C9H9NO4S/c1-6(11)10-8(12)5-15-9(13)7-2-3-14-4-7/h2-4H,5H2,1H3,(H,10,11,12). The van der Waals surface area contributed by atoms with Crippen molar-refractivity contribution in [1.82, 2.24) is 5.32 Å². The highest BCUT2D eigenvalue weighted by molar-refractivity contribution is 8.14. The van der Waals surface area contributed by atoms with Crippen molar-refractivity contribution in [3.05, 3.63) is 24.2 Å². The molecule has 1 aromatic heterocycles. The lowest BCUT2D eigenvalue weighted by Crippen LogP contribution is -2.29. The van der Waals surface area contributed by atoms with Crippen molar-refractivity contribution < 1.29 is 18.8 Å². The van der Waals surface area contributed by atoms with Gasteiger partial charge < -0.3 is 4.42 Å². The zero-order valence-electron chi connectivity index (χ0n) is 7.98. The molecule has 80 valence electrons. The lowest BCUT2D eigenvalue weighted by Gasteiger charge is -1.98. The molecule has 1 aromatic rings. The summed E-state index contributed by atoms with van der Waals surface area (Å²) in [6, 6.07) is 1.51. The smallest absolute Gasteiger partial charge is 0.237 e. The molecule has 1 rings (SSSR count). The summed E-state index contributed by atoms with van der Waals surface area (Å²) in [5, 5.41) is 1.81. The Balaban J connectivity index is 2.35. The Morgan fingerprint density at radius 3 is 2.73 bits per heavy atom. The van der Waals surface area contributed by atoms with Crippen molar-refractivity contribution in [1.29, 1.82) is 0 Å². The maximum absolute atomic E-state index is 11.3. The number of amides is 2. The van der Waals surface area contributed by atoms with Crippen molar-refractivity contribution in [3.63, 3.8) is 0 Å². The molecule has 0 bridgehead atoms. The second-order valence-electron chi connectivity index (χ2n) is 2.69. The minimum Gasteiger partial charge on any atom is -0.472 e. The van der Waals surface area contributed by atoms with Gasteiger partial charge in [-0.3, -0.25) is 19.7 Å². The third kappa shape index (κ3) is 3.99.